The van der Waals surface area contributed by atoms with Crippen molar-refractivity contribution in [3.63, 3.8) is 0 Å². The van der Waals surface area contributed by atoms with Crippen LogP contribution in [0.5, 0.6) is 0 Å². The molecule has 1 aromatic carbocycles. The van der Waals surface area contributed by atoms with Gasteiger partial charge in [0.25, 0.3) is 0 Å². The van der Waals surface area contributed by atoms with Gasteiger partial charge in [0.05, 0.1) is 12.7 Å². The van der Waals surface area contributed by atoms with Crippen molar-refractivity contribution in [2.45, 2.75) is 45.3 Å². The third-order valence-electron chi connectivity index (χ3n) is 4.01. The molecule has 1 N–H and O–H groups in total. The van der Waals surface area contributed by atoms with Crippen LogP contribution in [0.25, 0.3) is 0 Å². The van der Waals surface area contributed by atoms with Gasteiger partial charge in [-0.15, -0.1) is 0 Å². The highest BCUT2D eigenvalue weighted by molar-refractivity contribution is 5.75. The first-order valence-corrected chi connectivity index (χ1v) is 8.42. The minimum Gasteiger partial charge on any atom is -0.374 e. The molecule has 0 spiro atoms. The molecule has 1 aliphatic rings. The van der Waals surface area contributed by atoms with Gasteiger partial charge in [0.1, 0.15) is 0 Å². The Morgan fingerprint density at radius 2 is 2.14 bits per heavy atom. The molecule has 1 aliphatic heterocycles. The van der Waals surface area contributed by atoms with E-state index >= 15 is 0 Å². The van der Waals surface area contributed by atoms with Gasteiger partial charge in [0.2, 0.25) is 5.91 Å². The number of nitrogens with zero attached hydrogens (tertiary/aromatic N) is 1. The first kappa shape index (κ1) is 17.0. The first-order chi connectivity index (χ1) is 10.8. The molecule has 1 saturated heterocycles. The fraction of sp³-hybridized carbons (Fsp3) is 0.611. The van der Waals surface area contributed by atoms with E-state index in [1.807, 2.05) is 6.07 Å². The maximum absolute atomic E-state index is 11.8. The normalized spacial score (nSPS) is 19.0. The molecule has 0 radical (unpaired) electrons. The van der Waals surface area contributed by atoms with Crippen LogP contribution in [0.4, 0.5) is 0 Å². The highest BCUT2D eigenvalue weighted by Gasteiger charge is 2.20. The van der Waals surface area contributed by atoms with Crippen molar-refractivity contribution in [3.8, 4) is 0 Å². The third kappa shape index (κ3) is 6.16. The van der Waals surface area contributed by atoms with Crippen molar-refractivity contribution in [1.82, 2.24) is 10.2 Å². The predicted octanol–water partition coefficient (Wildman–Crippen LogP) is 2.58. The summed E-state index contributed by atoms with van der Waals surface area (Å²) >= 11 is 0. The molecule has 122 valence electrons. The molecule has 4 heteroatoms. The largest absolute Gasteiger partial charge is 0.374 e. The summed E-state index contributed by atoms with van der Waals surface area (Å²) in [4.78, 5) is 14.1. The van der Waals surface area contributed by atoms with Crippen LogP contribution in [0.3, 0.4) is 0 Å². The lowest BCUT2D eigenvalue weighted by Gasteiger charge is -2.33. The Kier molecular flexibility index (Phi) is 7.40. The Hall–Kier alpha value is -1.39. The highest BCUT2D eigenvalue weighted by Crippen LogP contribution is 2.10. The Morgan fingerprint density at radius 3 is 2.91 bits per heavy atom. The fourth-order valence-electron chi connectivity index (χ4n) is 2.74. The molecular formula is C18H28N2O2. The Morgan fingerprint density at radius 1 is 1.32 bits per heavy atom. The van der Waals surface area contributed by atoms with E-state index in [9.17, 15) is 4.79 Å². The summed E-state index contributed by atoms with van der Waals surface area (Å²) in [6, 6.07) is 10.5. The van der Waals surface area contributed by atoms with Crippen LogP contribution >= 0.6 is 0 Å². The lowest BCUT2D eigenvalue weighted by atomic mass is 10.2. The summed E-state index contributed by atoms with van der Waals surface area (Å²) in [7, 11) is 0. The summed E-state index contributed by atoms with van der Waals surface area (Å²) in [5.74, 6) is 0.150. The number of ether oxygens (including phenoxy) is 1. The molecule has 0 saturated carbocycles. The van der Waals surface area contributed by atoms with Crippen molar-refractivity contribution < 1.29 is 9.53 Å². The van der Waals surface area contributed by atoms with Crippen LogP contribution in [-0.4, -0.2) is 43.2 Å². The molecular weight excluding hydrogens is 276 g/mol. The van der Waals surface area contributed by atoms with E-state index in [0.717, 1.165) is 45.5 Å². The zero-order valence-electron chi connectivity index (χ0n) is 13.6. The molecule has 1 unspecified atom stereocenters. The second-order valence-corrected chi connectivity index (χ2v) is 5.97. The van der Waals surface area contributed by atoms with E-state index in [2.05, 4.69) is 41.4 Å². The number of benzene rings is 1. The minimum absolute atomic E-state index is 0.104. The Balaban J connectivity index is 1.68. The summed E-state index contributed by atoms with van der Waals surface area (Å²) in [6.07, 6.45) is 3.99. The summed E-state index contributed by atoms with van der Waals surface area (Å²) in [6.45, 7) is 6.29. The lowest BCUT2D eigenvalue weighted by molar-refractivity contribution is -0.122. The molecule has 1 amide bonds. The van der Waals surface area contributed by atoms with Crippen LogP contribution in [0, 0.1) is 0 Å². The number of carbonyl (C=O) groups excluding carboxylic acids is 1. The molecule has 1 heterocycles. The monoisotopic (exact) mass is 304 g/mol. The van der Waals surface area contributed by atoms with Crippen LogP contribution in [0.1, 0.15) is 38.2 Å². The van der Waals surface area contributed by atoms with Crippen molar-refractivity contribution in [1.29, 1.82) is 0 Å². The van der Waals surface area contributed by atoms with Crippen LogP contribution < -0.4 is 5.32 Å². The van der Waals surface area contributed by atoms with E-state index in [4.69, 9.17) is 4.74 Å². The summed E-state index contributed by atoms with van der Waals surface area (Å²) < 4.78 is 5.77. The van der Waals surface area contributed by atoms with Gasteiger partial charge in [-0.25, -0.2) is 0 Å². The second-order valence-electron chi connectivity index (χ2n) is 5.97. The summed E-state index contributed by atoms with van der Waals surface area (Å²) in [5.41, 5.74) is 1.33. The van der Waals surface area contributed by atoms with Crippen molar-refractivity contribution >= 4 is 5.91 Å². The Bertz CT molecular complexity index is 436. The van der Waals surface area contributed by atoms with Gasteiger partial charge in [-0.3, -0.25) is 9.69 Å². The molecule has 1 aromatic rings. The standard InChI is InChI=1S/C18H28N2O2/c1-2-3-5-10-18(21)19-13-17-15-20(11-12-22-17)14-16-8-6-4-7-9-16/h4,6-9,17H,2-3,5,10-15H2,1H3,(H,19,21). The van der Waals surface area contributed by atoms with E-state index in [1.165, 1.54) is 5.56 Å². The molecule has 1 fully saturated rings. The average molecular weight is 304 g/mol. The maximum Gasteiger partial charge on any atom is 0.220 e. The van der Waals surface area contributed by atoms with E-state index in [-0.39, 0.29) is 12.0 Å². The highest BCUT2D eigenvalue weighted by atomic mass is 16.5. The molecule has 0 aromatic heterocycles. The number of hydrogen-bond donors (Lipinski definition) is 1. The zero-order valence-corrected chi connectivity index (χ0v) is 13.6. The number of morpholine rings is 1. The number of hydrogen-bond acceptors (Lipinski definition) is 3. The topological polar surface area (TPSA) is 41.6 Å². The summed E-state index contributed by atoms with van der Waals surface area (Å²) in [5, 5.41) is 3.01. The van der Waals surface area contributed by atoms with Crippen molar-refractivity contribution in [2.24, 2.45) is 0 Å². The molecule has 22 heavy (non-hydrogen) atoms. The van der Waals surface area contributed by atoms with Gasteiger partial charge in [0, 0.05) is 32.6 Å². The third-order valence-corrected chi connectivity index (χ3v) is 4.01. The van der Waals surface area contributed by atoms with E-state index in [0.29, 0.717) is 13.0 Å². The molecule has 4 nitrogen and oxygen atoms in total. The van der Waals surface area contributed by atoms with Gasteiger partial charge in [-0.1, -0.05) is 50.1 Å². The molecule has 0 aliphatic carbocycles. The van der Waals surface area contributed by atoms with Crippen molar-refractivity contribution in [2.75, 3.05) is 26.2 Å². The fourth-order valence-corrected chi connectivity index (χ4v) is 2.74. The van der Waals surface area contributed by atoms with E-state index in [1.54, 1.807) is 0 Å². The second kappa shape index (κ2) is 9.59. The van der Waals surface area contributed by atoms with Crippen LogP contribution in [-0.2, 0) is 16.1 Å². The van der Waals surface area contributed by atoms with E-state index < -0.39 is 0 Å². The molecule has 2 rings (SSSR count). The van der Waals surface area contributed by atoms with Gasteiger partial charge in [-0.2, -0.15) is 0 Å². The van der Waals surface area contributed by atoms with Gasteiger partial charge < -0.3 is 10.1 Å². The molecule has 0 bridgehead atoms. The number of nitrogens with one attached hydrogen (secondary N) is 1. The minimum atomic E-state index is 0.104. The number of unbranched alkanes of at least 4 members (excludes halogenated alkanes) is 2. The average Bonchev–Trinajstić information content (AvgIpc) is 2.55. The zero-order chi connectivity index (χ0) is 15.6. The Labute approximate surface area is 133 Å². The smallest absolute Gasteiger partial charge is 0.220 e. The predicted molar refractivity (Wildman–Crippen MR) is 88.6 cm³/mol. The molecule has 1 atom stereocenters. The quantitative estimate of drug-likeness (QED) is 0.751. The van der Waals surface area contributed by atoms with Gasteiger partial charge in [0.15, 0.2) is 0 Å². The lowest BCUT2D eigenvalue weighted by Crippen LogP contribution is -2.47. The van der Waals surface area contributed by atoms with Gasteiger partial charge >= 0.3 is 0 Å². The number of carbonyl (C=O) groups is 1. The SMILES string of the molecule is CCCCCC(=O)NCC1CN(Cc2ccccc2)CCO1. The number of amides is 1. The van der Waals surface area contributed by atoms with Crippen molar-refractivity contribution in [3.05, 3.63) is 35.9 Å². The number of rotatable bonds is 8. The van der Waals surface area contributed by atoms with Gasteiger partial charge in [-0.05, 0) is 12.0 Å². The maximum atomic E-state index is 11.8. The van der Waals surface area contributed by atoms with Crippen LogP contribution in [0.2, 0.25) is 0 Å². The first-order valence-electron chi connectivity index (χ1n) is 8.42. The van der Waals surface area contributed by atoms with Crippen LogP contribution in [0.15, 0.2) is 30.3 Å².